The summed E-state index contributed by atoms with van der Waals surface area (Å²) >= 11 is 0. The lowest BCUT2D eigenvalue weighted by Crippen LogP contribution is -2.29. The van der Waals surface area contributed by atoms with E-state index in [9.17, 15) is 18.4 Å². The third-order valence-electron chi connectivity index (χ3n) is 4.96. The van der Waals surface area contributed by atoms with Gasteiger partial charge in [-0.15, -0.1) is 5.10 Å². The van der Waals surface area contributed by atoms with Gasteiger partial charge in [0.1, 0.15) is 6.54 Å². The highest BCUT2D eigenvalue weighted by molar-refractivity contribution is 5.90. The van der Waals surface area contributed by atoms with Gasteiger partial charge in [-0.25, -0.2) is 27.6 Å². The lowest BCUT2D eigenvalue weighted by atomic mass is 10.1. The van der Waals surface area contributed by atoms with Gasteiger partial charge in [0.25, 0.3) is 0 Å². The number of aryl methyl sites for hydroxylation is 3. The summed E-state index contributed by atoms with van der Waals surface area (Å²) in [6, 6.07) is 10.4. The first kappa shape index (κ1) is 21.2. The van der Waals surface area contributed by atoms with Gasteiger partial charge >= 0.3 is 5.69 Å². The second-order valence-corrected chi connectivity index (χ2v) is 7.46. The quantitative estimate of drug-likeness (QED) is 0.498. The molecule has 1 amide bonds. The van der Waals surface area contributed by atoms with Crippen LogP contribution in [0.2, 0.25) is 0 Å². The minimum atomic E-state index is -1.09. The van der Waals surface area contributed by atoms with E-state index in [-0.39, 0.29) is 11.6 Å². The maximum Gasteiger partial charge on any atom is 0.353 e. The van der Waals surface area contributed by atoms with Gasteiger partial charge in [0.05, 0.1) is 0 Å². The molecule has 0 saturated carbocycles. The second-order valence-electron chi connectivity index (χ2n) is 7.46. The van der Waals surface area contributed by atoms with Crippen molar-refractivity contribution >= 4 is 28.9 Å². The molecule has 8 nitrogen and oxygen atoms in total. The van der Waals surface area contributed by atoms with Crippen LogP contribution in [0.15, 0.2) is 47.3 Å². The molecule has 0 bridgehead atoms. The molecule has 164 valence electrons. The molecule has 0 radical (unpaired) electrons. The second kappa shape index (κ2) is 8.22. The van der Waals surface area contributed by atoms with Crippen molar-refractivity contribution in [2.24, 2.45) is 0 Å². The summed E-state index contributed by atoms with van der Waals surface area (Å²) in [4.78, 5) is 29.7. The first-order valence-corrected chi connectivity index (χ1v) is 9.77. The van der Waals surface area contributed by atoms with E-state index in [0.29, 0.717) is 11.3 Å². The minimum Gasteiger partial charge on any atom is -0.325 e. The fourth-order valence-electron chi connectivity index (χ4n) is 3.20. The Hall–Kier alpha value is -4.08. The molecule has 0 atom stereocenters. The first-order chi connectivity index (χ1) is 15.2. The Morgan fingerprint density at radius 1 is 0.969 bits per heavy atom. The third-order valence-corrected chi connectivity index (χ3v) is 4.96. The number of benzene rings is 2. The average molecular weight is 438 g/mol. The van der Waals surface area contributed by atoms with Crippen LogP contribution in [0.25, 0.3) is 5.65 Å². The molecule has 0 aliphatic heterocycles. The Bertz CT molecular complexity index is 1410. The topological polar surface area (TPSA) is 93.3 Å². The SMILES string of the molecule is Cc1cc2nn(CC(=O)Nc3ccc(F)c(F)c3)c(=O)n2c(Nc2ccc(C)c(C)c2)n1. The number of rotatable bonds is 5. The summed E-state index contributed by atoms with van der Waals surface area (Å²) < 4.78 is 28.7. The maximum atomic E-state index is 13.4. The Labute approximate surface area is 181 Å². The fourth-order valence-corrected chi connectivity index (χ4v) is 3.20. The van der Waals surface area contributed by atoms with Crippen LogP contribution < -0.4 is 16.3 Å². The standard InChI is InChI=1S/C22H20F2N6O2/c1-12-4-5-15(8-13(12)2)27-21-25-14(3)9-19-28-29(22(32)30(19)21)11-20(31)26-16-6-7-17(23)18(24)10-16/h4-10H,11H2,1-3H3,(H,25,27)(H,26,31). The summed E-state index contributed by atoms with van der Waals surface area (Å²) in [6.45, 7) is 5.34. The molecule has 2 aromatic heterocycles. The van der Waals surface area contributed by atoms with Gasteiger partial charge in [-0.05, 0) is 56.2 Å². The monoisotopic (exact) mass is 438 g/mol. The number of hydrogen-bond acceptors (Lipinski definition) is 5. The molecule has 4 rings (SSSR count). The molecule has 0 saturated heterocycles. The predicted octanol–water partition coefficient (Wildman–Crippen LogP) is 3.48. The zero-order valence-corrected chi connectivity index (χ0v) is 17.6. The highest BCUT2D eigenvalue weighted by Gasteiger charge is 2.16. The van der Waals surface area contributed by atoms with Crippen LogP contribution in [-0.4, -0.2) is 25.1 Å². The molecule has 0 unspecified atom stereocenters. The normalized spacial score (nSPS) is 11.0. The van der Waals surface area contributed by atoms with E-state index >= 15 is 0 Å². The minimum absolute atomic E-state index is 0.0697. The summed E-state index contributed by atoms with van der Waals surface area (Å²) in [5.41, 5.74) is 3.41. The van der Waals surface area contributed by atoms with Crippen LogP contribution in [0.3, 0.4) is 0 Å². The lowest BCUT2D eigenvalue weighted by Gasteiger charge is -2.09. The molecule has 2 heterocycles. The van der Waals surface area contributed by atoms with Crippen molar-refractivity contribution < 1.29 is 13.6 Å². The van der Waals surface area contributed by atoms with Crippen LogP contribution in [0, 0.1) is 32.4 Å². The smallest absolute Gasteiger partial charge is 0.325 e. The number of halogens is 2. The molecular formula is C22H20F2N6O2. The van der Waals surface area contributed by atoms with Crippen molar-refractivity contribution in [2.45, 2.75) is 27.3 Å². The van der Waals surface area contributed by atoms with Gasteiger partial charge in [-0.3, -0.25) is 4.79 Å². The van der Waals surface area contributed by atoms with Crippen molar-refractivity contribution in [3.05, 3.63) is 81.4 Å². The van der Waals surface area contributed by atoms with Crippen LogP contribution in [-0.2, 0) is 11.3 Å². The van der Waals surface area contributed by atoms with E-state index in [2.05, 4.69) is 20.7 Å². The van der Waals surface area contributed by atoms with E-state index in [1.165, 1.54) is 10.5 Å². The Morgan fingerprint density at radius 3 is 2.44 bits per heavy atom. The maximum absolute atomic E-state index is 13.4. The molecule has 0 spiro atoms. The highest BCUT2D eigenvalue weighted by atomic mass is 19.2. The average Bonchev–Trinajstić information content (AvgIpc) is 3.02. The number of nitrogens with one attached hydrogen (secondary N) is 2. The van der Waals surface area contributed by atoms with Crippen LogP contribution in [0.4, 0.5) is 26.1 Å². The van der Waals surface area contributed by atoms with E-state index in [1.54, 1.807) is 13.0 Å². The number of carbonyl (C=O) groups is 1. The van der Waals surface area contributed by atoms with Crippen molar-refractivity contribution in [3.8, 4) is 0 Å². The van der Waals surface area contributed by atoms with Crippen molar-refractivity contribution in [1.29, 1.82) is 0 Å². The number of nitrogens with zero attached hydrogens (tertiary/aromatic N) is 4. The van der Waals surface area contributed by atoms with Gasteiger partial charge < -0.3 is 10.6 Å². The molecule has 2 aromatic carbocycles. The molecule has 0 fully saturated rings. The summed E-state index contributed by atoms with van der Waals surface area (Å²) in [5, 5.41) is 9.77. The number of fused-ring (bicyclic) bond motifs is 1. The van der Waals surface area contributed by atoms with Gasteiger partial charge in [0.15, 0.2) is 17.3 Å². The molecule has 0 aliphatic carbocycles. The van der Waals surface area contributed by atoms with E-state index in [4.69, 9.17) is 0 Å². The molecule has 2 N–H and O–H groups in total. The molecule has 32 heavy (non-hydrogen) atoms. The Morgan fingerprint density at radius 2 is 1.72 bits per heavy atom. The van der Waals surface area contributed by atoms with E-state index in [0.717, 1.165) is 33.6 Å². The van der Waals surface area contributed by atoms with Crippen molar-refractivity contribution in [2.75, 3.05) is 10.6 Å². The summed E-state index contributed by atoms with van der Waals surface area (Å²) in [5.74, 6) is -2.46. The molecule has 4 aromatic rings. The lowest BCUT2D eigenvalue weighted by molar-refractivity contribution is -0.117. The van der Waals surface area contributed by atoms with E-state index < -0.39 is 29.8 Å². The van der Waals surface area contributed by atoms with Gasteiger partial charge in [-0.2, -0.15) is 0 Å². The molecule has 10 heteroatoms. The number of aromatic nitrogens is 4. The number of hydrogen-bond donors (Lipinski definition) is 2. The summed E-state index contributed by atoms with van der Waals surface area (Å²) in [6.07, 6.45) is 0. The van der Waals surface area contributed by atoms with Crippen LogP contribution in [0.1, 0.15) is 16.8 Å². The van der Waals surface area contributed by atoms with Gasteiger partial charge in [0, 0.05) is 29.2 Å². The van der Waals surface area contributed by atoms with Crippen molar-refractivity contribution in [1.82, 2.24) is 19.2 Å². The van der Waals surface area contributed by atoms with Crippen molar-refractivity contribution in [3.63, 3.8) is 0 Å². The molecule has 0 aliphatic rings. The summed E-state index contributed by atoms with van der Waals surface area (Å²) in [7, 11) is 0. The molecular weight excluding hydrogens is 418 g/mol. The fraction of sp³-hybridized carbons (Fsp3) is 0.182. The number of anilines is 3. The van der Waals surface area contributed by atoms with Crippen LogP contribution >= 0.6 is 0 Å². The Balaban J connectivity index is 1.63. The largest absolute Gasteiger partial charge is 0.353 e. The van der Waals surface area contributed by atoms with E-state index in [1.807, 2.05) is 32.0 Å². The Kier molecular flexibility index (Phi) is 5.43. The predicted molar refractivity (Wildman–Crippen MR) is 116 cm³/mol. The first-order valence-electron chi connectivity index (χ1n) is 9.77. The van der Waals surface area contributed by atoms with Crippen LogP contribution in [0.5, 0.6) is 0 Å². The zero-order chi connectivity index (χ0) is 23.0. The third kappa shape index (κ3) is 4.20. The zero-order valence-electron chi connectivity index (χ0n) is 17.6. The number of amides is 1. The van der Waals surface area contributed by atoms with Gasteiger partial charge in [-0.1, -0.05) is 6.07 Å². The van der Waals surface area contributed by atoms with Gasteiger partial charge in [0.2, 0.25) is 11.9 Å². The highest BCUT2D eigenvalue weighted by Crippen LogP contribution is 2.19. The number of carbonyl (C=O) groups excluding carboxylic acids is 1.